The second-order valence-electron chi connectivity index (χ2n) is 11.8. The first-order valence-electron chi connectivity index (χ1n) is 14.4. The molecule has 0 unspecified atom stereocenters. The number of piperazine rings is 1. The SMILES string of the molecule is C[C@@H]1CN(c2nccc(-c3c(F)cc(N4C[C@@H](C)N(C)[C@@H](C)C4)c(-n4cc(C(N)=O)c(C(F)(F)F)cc4=O)c3F)n2)C[C@H](C)O1. The van der Waals surface area contributed by atoms with Crippen molar-refractivity contribution in [3.05, 3.63) is 63.7 Å². The molecule has 0 radical (unpaired) electrons. The second-order valence-corrected chi connectivity index (χ2v) is 11.8. The van der Waals surface area contributed by atoms with Crippen LogP contribution in [0.2, 0.25) is 0 Å². The molecule has 3 aromatic rings. The molecule has 15 heteroatoms. The molecule has 1 amide bonds. The summed E-state index contributed by atoms with van der Waals surface area (Å²) in [4.78, 5) is 39.7. The summed E-state index contributed by atoms with van der Waals surface area (Å²) in [7, 11) is 1.90. The van der Waals surface area contributed by atoms with E-state index in [9.17, 15) is 22.8 Å². The van der Waals surface area contributed by atoms with Gasteiger partial charge in [-0.25, -0.2) is 18.7 Å². The van der Waals surface area contributed by atoms with E-state index in [2.05, 4.69) is 14.9 Å². The molecule has 0 bridgehead atoms. The molecule has 2 aliphatic rings. The third kappa shape index (κ3) is 6.23. The predicted molar refractivity (Wildman–Crippen MR) is 158 cm³/mol. The zero-order valence-corrected chi connectivity index (χ0v) is 25.4. The van der Waals surface area contributed by atoms with E-state index < -0.39 is 51.7 Å². The Morgan fingerprint density at radius 3 is 2.20 bits per heavy atom. The molecule has 45 heavy (non-hydrogen) atoms. The van der Waals surface area contributed by atoms with Gasteiger partial charge in [0.15, 0.2) is 5.82 Å². The maximum Gasteiger partial charge on any atom is 0.417 e. The molecule has 1 aromatic carbocycles. The number of carbonyl (C=O) groups excluding carboxylic acids is 1. The van der Waals surface area contributed by atoms with Crippen LogP contribution in [-0.4, -0.2) is 82.9 Å². The number of aromatic nitrogens is 3. The lowest BCUT2D eigenvalue weighted by molar-refractivity contribution is -0.138. The van der Waals surface area contributed by atoms with Crippen LogP contribution in [0.1, 0.15) is 43.6 Å². The quantitative estimate of drug-likeness (QED) is 0.422. The molecule has 2 fully saturated rings. The molecule has 0 spiro atoms. The number of carbonyl (C=O) groups is 1. The number of amides is 1. The highest BCUT2D eigenvalue weighted by Crippen LogP contribution is 2.38. The summed E-state index contributed by atoms with van der Waals surface area (Å²) in [5.41, 5.74) is 0.00102. The maximum atomic E-state index is 16.9. The Hall–Kier alpha value is -4.11. The Balaban J connectivity index is 1.75. The van der Waals surface area contributed by atoms with Gasteiger partial charge in [0.2, 0.25) is 5.95 Å². The smallest absolute Gasteiger partial charge is 0.372 e. The Kier molecular flexibility index (Phi) is 8.61. The van der Waals surface area contributed by atoms with Crippen molar-refractivity contribution >= 4 is 17.5 Å². The van der Waals surface area contributed by atoms with Gasteiger partial charge < -0.3 is 20.3 Å². The summed E-state index contributed by atoms with van der Waals surface area (Å²) in [6.45, 7) is 9.00. The van der Waals surface area contributed by atoms with Crippen molar-refractivity contribution in [1.29, 1.82) is 0 Å². The Bertz CT molecular complexity index is 1660. The van der Waals surface area contributed by atoms with E-state index in [1.807, 2.05) is 39.6 Å². The number of morpholine rings is 1. The Morgan fingerprint density at radius 2 is 1.62 bits per heavy atom. The average molecular weight is 636 g/mol. The van der Waals surface area contributed by atoms with Gasteiger partial charge in [-0.3, -0.25) is 19.1 Å². The molecule has 2 aliphatic heterocycles. The lowest BCUT2D eigenvalue weighted by atomic mass is 10.0. The monoisotopic (exact) mass is 635 g/mol. The van der Waals surface area contributed by atoms with Crippen molar-refractivity contribution < 1.29 is 31.5 Å². The van der Waals surface area contributed by atoms with Gasteiger partial charge in [0.05, 0.1) is 40.3 Å². The molecule has 10 nitrogen and oxygen atoms in total. The summed E-state index contributed by atoms with van der Waals surface area (Å²) < 4.78 is 80.5. The predicted octanol–water partition coefficient (Wildman–Crippen LogP) is 3.83. The number of ether oxygens (including phenoxy) is 1. The molecule has 0 aliphatic carbocycles. The molecular weight excluding hydrogens is 601 g/mol. The van der Waals surface area contributed by atoms with Gasteiger partial charge in [-0.1, -0.05) is 0 Å². The van der Waals surface area contributed by atoms with E-state index >= 15 is 8.78 Å². The highest BCUT2D eigenvalue weighted by molar-refractivity contribution is 5.94. The second kappa shape index (κ2) is 12.0. The number of primary amides is 1. The van der Waals surface area contributed by atoms with Crippen LogP contribution in [0.25, 0.3) is 16.9 Å². The van der Waals surface area contributed by atoms with E-state index in [1.165, 1.54) is 12.3 Å². The maximum absolute atomic E-state index is 16.9. The lowest BCUT2D eigenvalue weighted by Crippen LogP contribution is -2.55. The first kappa shape index (κ1) is 32.3. The van der Waals surface area contributed by atoms with E-state index in [0.717, 1.165) is 6.07 Å². The van der Waals surface area contributed by atoms with Crippen molar-refractivity contribution in [1.82, 2.24) is 19.4 Å². The van der Waals surface area contributed by atoms with Crippen LogP contribution in [0.15, 0.2) is 35.4 Å². The number of likely N-dealkylation sites (N-methyl/N-ethyl adjacent to an activating group) is 1. The largest absolute Gasteiger partial charge is 0.417 e. The number of nitrogens with two attached hydrogens (primary N) is 1. The number of nitrogens with zero attached hydrogens (tertiary/aromatic N) is 6. The van der Waals surface area contributed by atoms with Gasteiger partial charge in [0.25, 0.3) is 11.5 Å². The number of anilines is 2. The first-order chi connectivity index (χ1) is 21.1. The molecule has 242 valence electrons. The summed E-state index contributed by atoms with van der Waals surface area (Å²) in [6, 6.07) is 2.35. The normalized spacial score (nSPS) is 23.0. The minimum absolute atomic E-state index is 0.0806. The number of rotatable bonds is 5. The van der Waals surface area contributed by atoms with Crippen LogP contribution in [0.4, 0.5) is 33.6 Å². The van der Waals surface area contributed by atoms with Gasteiger partial charge >= 0.3 is 6.18 Å². The fourth-order valence-electron chi connectivity index (χ4n) is 6.02. The number of pyridine rings is 1. The number of benzene rings is 1. The fraction of sp³-hybridized carbons (Fsp3) is 0.467. The number of alkyl halides is 3. The number of hydrogen-bond acceptors (Lipinski definition) is 8. The minimum Gasteiger partial charge on any atom is -0.372 e. The topological polar surface area (TPSA) is 110 Å². The highest BCUT2D eigenvalue weighted by Gasteiger charge is 2.37. The summed E-state index contributed by atoms with van der Waals surface area (Å²) in [6.07, 6.45) is -3.50. The van der Waals surface area contributed by atoms with Crippen molar-refractivity contribution in [2.45, 2.75) is 58.2 Å². The van der Waals surface area contributed by atoms with Crippen molar-refractivity contribution in [3.8, 4) is 16.9 Å². The van der Waals surface area contributed by atoms with Gasteiger partial charge in [-0.2, -0.15) is 13.2 Å². The van der Waals surface area contributed by atoms with Crippen molar-refractivity contribution in [3.63, 3.8) is 0 Å². The van der Waals surface area contributed by atoms with Crippen molar-refractivity contribution in [2.75, 3.05) is 43.0 Å². The van der Waals surface area contributed by atoms with Crippen LogP contribution in [0.3, 0.4) is 0 Å². The number of hydrogen-bond donors (Lipinski definition) is 1. The van der Waals surface area contributed by atoms with Crippen LogP contribution in [-0.2, 0) is 10.9 Å². The Morgan fingerprint density at radius 1 is 1.00 bits per heavy atom. The van der Waals surface area contributed by atoms with E-state index in [4.69, 9.17) is 10.5 Å². The first-order valence-corrected chi connectivity index (χ1v) is 14.4. The molecule has 0 saturated carbocycles. The van der Waals surface area contributed by atoms with E-state index in [0.29, 0.717) is 23.9 Å². The molecule has 2 N–H and O–H groups in total. The molecule has 5 rings (SSSR count). The van der Waals surface area contributed by atoms with Gasteiger partial charge in [-0.05, 0) is 40.8 Å². The molecule has 4 heterocycles. The zero-order chi connectivity index (χ0) is 33.0. The lowest BCUT2D eigenvalue weighted by Gasteiger charge is -2.44. The molecule has 4 atom stereocenters. The standard InChI is InChI=1S/C30H34F5N7O3/c1-15-10-40(11-16(2)39(15)5)23-9-21(31)25(22-6-7-37-29(38-22)41-12-17(3)45-18(4)13-41)26(32)27(23)42-14-19(28(36)44)20(8-24(42)43)30(33,34)35/h6-9,14-18H,10-13H2,1-5H3,(H2,36,44)/t15-,16+,17-,18+. The summed E-state index contributed by atoms with van der Waals surface area (Å²) in [5.74, 6) is -3.54. The molecular formula is C30H34F5N7O3. The van der Waals surface area contributed by atoms with Crippen LogP contribution in [0.5, 0.6) is 0 Å². The van der Waals surface area contributed by atoms with Gasteiger partial charge in [0, 0.05) is 62.8 Å². The van der Waals surface area contributed by atoms with Gasteiger partial charge in [-0.15, -0.1) is 0 Å². The molecule has 2 saturated heterocycles. The zero-order valence-electron chi connectivity index (χ0n) is 25.4. The van der Waals surface area contributed by atoms with E-state index in [1.54, 1.807) is 4.90 Å². The van der Waals surface area contributed by atoms with Crippen LogP contribution in [0, 0.1) is 11.6 Å². The minimum atomic E-state index is -5.09. The fourth-order valence-corrected chi connectivity index (χ4v) is 6.02. The third-order valence-electron chi connectivity index (χ3n) is 8.34. The van der Waals surface area contributed by atoms with Gasteiger partial charge in [0.1, 0.15) is 11.5 Å². The van der Waals surface area contributed by atoms with Crippen molar-refractivity contribution in [2.24, 2.45) is 5.73 Å². The number of halogens is 5. The highest BCUT2D eigenvalue weighted by atomic mass is 19.4. The molecule has 2 aromatic heterocycles. The van der Waals surface area contributed by atoms with E-state index in [-0.39, 0.29) is 60.8 Å². The summed E-state index contributed by atoms with van der Waals surface area (Å²) in [5, 5.41) is 0. The average Bonchev–Trinajstić information content (AvgIpc) is 2.94. The Labute approximate surface area is 256 Å². The summed E-state index contributed by atoms with van der Waals surface area (Å²) >= 11 is 0. The third-order valence-corrected chi connectivity index (χ3v) is 8.34. The van der Waals surface area contributed by atoms with Crippen LogP contribution < -0.4 is 21.1 Å². The van der Waals surface area contributed by atoms with Crippen LogP contribution >= 0.6 is 0 Å².